The zero-order chi connectivity index (χ0) is 20.2. The summed E-state index contributed by atoms with van der Waals surface area (Å²) in [5.41, 5.74) is 3.39. The molecule has 0 fully saturated rings. The topological polar surface area (TPSA) is 140 Å². The Kier molecular flexibility index (Phi) is 5.36. The maximum atomic E-state index is 5.99. The first-order valence-electron chi connectivity index (χ1n) is 8.67. The summed E-state index contributed by atoms with van der Waals surface area (Å²) in [6.45, 7) is 0. The normalized spacial score (nSPS) is 11.7. The number of benzene rings is 2. The first kappa shape index (κ1) is 18.8. The highest BCUT2D eigenvalue weighted by molar-refractivity contribution is 7.99. The molecule has 6 N–H and O–H groups in total. The number of hydrogen-bond donors (Lipinski definition) is 4. The minimum Gasteiger partial charge on any atom is -0.497 e. The lowest BCUT2D eigenvalue weighted by atomic mass is 10.1. The van der Waals surface area contributed by atoms with E-state index >= 15 is 0 Å². The number of hydrazine groups is 1. The smallest absolute Gasteiger partial charge is 0.209 e. The number of hydrogen-bond acceptors (Lipinski definition) is 8. The fraction of sp³-hybridized carbons (Fsp3) is 0.105. The molecular formula is C19H19N7O2S. The van der Waals surface area contributed by atoms with Crippen molar-refractivity contribution in [2.45, 2.75) is 5.16 Å². The summed E-state index contributed by atoms with van der Waals surface area (Å²) in [4.78, 5) is 4.42. The number of fused-ring (bicyclic) bond motifs is 1. The molecule has 0 spiro atoms. The van der Waals surface area contributed by atoms with Gasteiger partial charge in [0.05, 0.1) is 12.9 Å². The summed E-state index contributed by atoms with van der Waals surface area (Å²) in [5, 5.41) is 13.3. The lowest BCUT2D eigenvalue weighted by Crippen LogP contribution is -2.33. The molecule has 0 amide bonds. The number of nitrogens with two attached hydrogens (primary N) is 2. The number of H-pyrrole nitrogens is 1. The summed E-state index contributed by atoms with van der Waals surface area (Å²) >= 11 is 1.34. The van der Waals surface area contributed by atoms with E-state index in [2.05, 4.69) is 31.8 Å². The molecule has 0 atom stereocenters. The molecule has 0 aliphatic carbocycles. The van der Waals surface area contributed by atoms with E-state index in [1.807, 2.05) is 42.5 Å². The van der Waals surface area contributed by atoms with Gasteiger partial charge in [-0.2, -0.15) is 10.1 Å². The van der Waals surface area contributed by atoms with Crippen LogP contribution in [0, 0.1) is 0 Å². The lowest BCUT2D eigenvalue weighted by molar-refractivity contribution is 0.415. The summed E-state index contributed by atoms with van der Waals surface area (Å²) in [5.74, 6) is 14.1. The minimum absolute atomic E-state index is 0.426. The quantitative estimate of drug-likeness (QED) is 0.125. The molecule has 0 radical (unpaired) electrons. The summed E-state index contributed by atoms with van der Waals surface area (Å²) in [6, 6.07) is 15.9. The van der Waals surface area contributed by atoms with Gasteiger partial charge in [-0.3, -0.25) is 5.10 Å². The van der Waals surface area contributed by atoms with Gasteiger partial charge in [0.15, 0.2) is 11.6 Å². The molecule has 4 rings (SSSR count). The van der Waals surface area contributed by atoms with Gasteiger partial charge in [-0.15, -0.1) is 5.10 Å². The van der Waals surface area contributed by atoms with Gasteiger partial charge in [0.1, 0.15) is 17.3 Å². The number of aromatic nitrogens is 3. The van der Waals surface area contributed by atoms with Gasteiger partial charge >= 0.3 is 0 Å². The average Bonchev–Trinajstić information content (AvgIpc) is 3.43. The van der Waals surface area contributed by atoms with E-state index in [0.29, 0.717) is 28.3 Å². The van der Waals surface area contributed by atoms with Crippen molar-refractivity contribution in [2.75, 3.05) is 12.9 Å². The zero-order valence-electron chi connectivity index (χ0n) is 15.5. The molecule has 2 aromatic carbocycles. The Morgan fingerprint density at radius 1 is 1.17 bits per heavy atom. The minimum atomic E-state index is 0.426. The van der Waals surface area contributed by atoms with Gasteiger partial charge in [-0.05, 0) is 41.1 Å². The van der Waals surface area contributed by atoms with Crippen LogP contribution < -0.4 is 21.8 Å². The molecule has 0 saturated heterocycles. The first-order chi connectivity index (χ1) is 14.2. The largest absolute Gasteiger partial charge is 0.497 e. The maximum Gasteiger partial charge on any atom is 0.209 e. The lowest BCUT2D eigenvalue weighted by Gasteiger charge is -2.04. The van der Waals surface area contributed by atoms with Crippen LogP contribution in [-0.4, -0.2) is 33.9 Å². The predicted molar refractivity (Wildman–Crippen MR) is 113 cm³/mol. The summed E-state index contributed by atoms with van der Waals surface area (Å²) in [7, 11) is 1.66. The molecule has 0 aliphatic heterocycles. The maximum absolute atomic E-state index is 5.99. The van der Waals surface area contributed by atoms with E-state index in [-0.39, 0.29) is 0 Å². The van der Waals surface area contributed by atoms with E-state index in [0.717, 1.165) is 27.8 Å². The van der Waals surface area contributed by atoms with E-state index in [1.54, 1.807) is 7.11 Å². The molecule has 0 aliphatic rings. The molecule has 29 heavy (non-hydrogen) atoms. The monoisotopic (exact) mass is 409 g/mol. The van der Waals surface area contributed by atoms with E-state index in [1.165, 1.54) is 11.8 Å². The highest BCUT2D eigenvalue weighted by Crippen LogP contribution is 2.30. The van der Waals surface area contributed by atoms with Crippen molar-refractivity contribution >= 4 is 28.4 Å². The first-order valence-corrected chi connectivity index (χ1v) is 9.65. The van der Waals surface area contributed by atoms with Crippen molar-refractivity contribution < 1.29 is 9.15 Å². The van der Waals surface area contributed by atoms with Crippen molar-refractivity contribution in [1.29, 1.82) is 0 Å². The molecule has 148 valence electrons. The third kappa shape index (κ3) is 4.03. The van der Waals surface area contributed by atoms with Crippen LogP contribution in [0.25, 0.3) is 33.7 Å². The van der Waals surface area contributed by atoms with Crippen LogP contribution in [0.3, 0.4) is 0 Å². The van der Waals surface area contributed by atoms with Crippen LogP contribution in [0.15, 0.2) is 63.2 Å². The van der Waals surface area contributed by atoms with Crippen LogP contribution in [0.1, 0.15) is 0 Å². The number of ether oxygens (including phenoxy) is 1. The molecule has 0 bridgehead atoms. The number of hydrazone groups is 1. The number of amidine groups is 1. The number of nitrogens with one attached hydrogen (secondary N) is 2. The molecule has 10 heteroatoms. The third-order valence-corrected chi connectivity index (χ3v) is 5.16. The molecule has 4 aromatic rings. The van der Waals surface area contributed by atoms with Gasteiger partial charge in [-0.25, -0.2) is 5.84 Å². The number of nitrogens with zero attached hydrogens (tertiary/aromatic N) is 3. The summed E-state index contributed by atoms with van der Waals surface area (Å²) in [6.07, 6.45) is 0. The van der Waals surface area contributed by atoms with Crippen molar-refractivity contribution in [1.82, 2.24) is 20.6 Å². The van der Waals surface area contributed by atoms with Crippen molar-refractivity contribution in [3.63, 3.8) is 0 Å². The fourth-order valence-corrected chi connectivity index (χ4v) is 3.48. The molecule has 2 aromatic heterocycles. The predicted octanol–water partition coefficient (Wildman–Crippen LogP) is 2.72. The van der Waals surface area contributed by atoms with Gasteiger partial charge in [-0.1, -0.05) is 30.0 Å². The molecule has 0 unspecified atom stereocenters. The Balaban J connectivity index is 1.53. The van der Waals surface area contributed by atoms with Gasteiger partial charge in [0.25, 0.3) is 0 Å². The second-order valence-corrected chi connectivity index (χ2v) is 7.01. The van der Waals surface area contributed by atoms with Crippen LogP contribution in [0.4, 0.5) is 0 Å². The Bertz CT molecular complexity index is 1170. The molecule has 9 nitrogen and oxygen atoms in total. The fourth-order valence-electron chi connectivity index (χ4n) is 2.79. The highest BCUT2D eigenvalue weighted by Gasteiger charge is 2.13. The van der Waals surface area contributed by atoms with Gasteiger partial charge in [0, 0.05) is 5.56 Å². The van der Waals surface area contributed by atoms with E-state index in [4.69, 9.17) is 20.8 Å². The second-order valence-electron chi connectivity index (χ2n) is 6.07. The van der Waals surface area contributed by atoms with E-state index in [9.17, 15) is 0 Å². The number of aromatic amines is 1. The third-order valence-electron chi connectivity index (χ3n) is 4.30. The van der Waals surface area contributed by atoms with Crippen LogP contribution in [0.5, 0.6) is 5.75 Å². The SMILES string of the molecule is COc1ccc2cc(-c3ccc(-c4nc(SC/C(=N/N)NN)n[nH]4)o3)ccc2c1. The Morgan fingerprint density at radius 2 is 1.97 bits per heavy atom. The van der Waals surface area contributed by atoms with Gasteiger partial charge in [0.2, 0.25) is 5.16 Å². The molecule has 2 heterocycles. The average molecular weight is 409 g/mol. The number of furan rings is 1. The van der Waals surface area contributed by atoms with Crippen LogP contribution in [0.2, 0.25) is 0 Å². The molecule has 0 saturated carbocycles. The standard InChI is InChI=1S/C19H19N7O2S/c1-27-14-5-4-11-8-13(3-2-12(11)9-14)15-6-7-16(28-15)18-22-19(26-25-18)29-10-17(23-20)24-21/h2-9H,10,20-21H2,1H3,(H,23,24)(H,22,25,26). The summed E-state index contributed by atoms with van der Waals surface area (Å²) < 4.78 is 11.3. The second kappa shape index (κ2) is 8.25. The van der Waals surface area contributed by atoms with Crippen molar-refractivity contribution in [3.05, 3.63) is 48.5 Å². The van der Waals surface area contributed by atoms with E-state index < -0.39 is 0 Å². The van der Waals surface area contributed by atoms with Crippen LogP contribution >= 0.6 is 11.8 Å². The van der Waals surface area contributed by atoms with Crippen molar-refractivity contribution in [3.8, 4) is 28.7 Å². The molecular weight excluding hydrogens is 390 g/mol. The zero-order valence-corrected chi connectivity index (χ0v) is 16.4. The Hall–Kier alpha value is -3.50. The number of methoxy groups -OCH3 is 1. The van der Waals surface area contributed by atoms with Crippen LogP contribution in [-0.2, 0) is 0 Å². The Morgan fingerprint density at radius 3 is 2.76 bits per heavy atom. The number of thioether (sulfide) groups is 1. The highest BCUT2D eigenvalue weighted by atomic mass is 32.2. The number of rotatable bonds is 6. The van der Waals surface area contributed by atoms with Crippen molar-refractivity contribution in [2.24, 2.45) is 16.8 Å². The Labute approximate surface area is 170 Å². The van der Waals surface area contributed by atoms with Gasteiger partial charge < -0.3 is 20.4 Å².